The second kappa shape index (κ2) is 8.42. The van der Waals surface area contributed by atoms with Crippen molar-refractivity contribution < 1.29 is 29.2 Å². The molecule has 1 aromatic carbocycles. The van der Waals surface area contributed by atoms with E-state index in [9.17, 15) is 23.1 Å². The second-order valence-electron chi connectivity index (χ2n) is 7.86. The number of aliphatic hydroxyl groups is 1. The summed E-state index contributed by atoms with van der Waals surface area (Å²) in [6, 6.07) is 2.91. The Morgan fingerprint density at radius 2 is 2.03 bits per heavy atom. The van der Waals surface area contributed by atoms with E-state index in [1.54, 1.807) is 23.0 Å². The van der Waals surface area contributed by atoms with Gasteiger partial charge in [0.15, 0.2) is 0 Å². The average Bonchev–Trinajstić information content (AvgIpc) is 3.21. The third kappa shape index (κ3) is 4.14. The lowest BCUT2D eigenvalue weighted by Crippen LogP contribution is -2.20. The van der Waals surface area contributed by atoms with E-state index in [0.29, 0.717) is 48.8 Å². The van der Waals surface area contributed by atoms with Crippen molar-refractivity contribution in [2.45, 2.75) is 37.9 Å². The van der Waals surface area contributed by atoms with Crippen molar-refractivity contribution in [3.8, 4) is 17.0 Å². The number of nitrogens with two attached hydrogens (primary N) is 1. The number of ether oxygens (including phenoxy) is 1. The minimum absolute atomic E-state index is 0.0361. The number of amides is 1. The van der Waals surface area contributed by atoms with Gasteiger partial charge in [-0.2, -0.15) is 18.3 Å². The zero-order chi connectivity index (χ0) is 24.0. The SMILES string of the molecule is [2H]C1(n2cc3cc(-c4ncc(C(F)(F)F)cc4C(N)=O)c(OC)cc3n2)CCC(CO)CC1. The van der Waals surface area contributed by atoms with Crippen molar-refractivity contribution >= 4 is 16.8 Å². The summed E-state index contributed by atoms with van der Waals surface area (Å²) in [6.07, 6.45) is 0.142. The number of hydrogen-bond acceptors (Lipinski definition) is 5. The maximum Gasteiger partial charge on any atom is 0.417 e. The summed E-state index contributed by atoms with van der Waals surface area (Å²) in [5.41, 5.74) is 4.68. The monoisotopic (exact) mass is 449 g/mol. The molecule has 1 aliphatic carbocycles. The largest absolute Gasteiger partial charge is 0.496 e. The van der Waals surface area contributed by atoms with Gasteiger partial charge in [-0.25, -0.2) is 0 Å². The van der Waals surface area contributed by atoms with Gasteiger partial charge in [0.1, 0.15) is 5.75 Å². The molecule has 1 fully saturated rings. The van der Waals surface area contributed by atoms with E-state index in [0.717, 1.165) is 0 Å². The molecule has 2 aromatic heterocycles. The van der Waals surface area contributed by atoms with Gasteiger partial charge in [0, 0.05) is 36.0 Å². The maximum absolute atomic E-state index is 13.1. The number of halogens is 3. The molecule has 1 saturated carbocycles. The summed E-state index contributed by atoms with van der Waals surface area (Å²) >= 11 is 0. The van der Waals surface area contributed by atoms with E-state index in [-0.39, 0.29) is 35.1 Å². The summed E-state index contributed by atoms with van der Waals surface area (Å²) in [6.45, 7) is 0.0973. The van der Waals surface area contributed by atoms with Crippen molar-refractivity contribution in [3.05, 3.63) is 41.7 Å². The fourth-order valence-electron chi connectivity index (χ4n) is 4.01. The van der Waals surface area contributed by atoms with Crippen LogP contribution in [-0.2, 0) is 6.18 Å². The lowest BCUT2D eigenvalue weighted by atomic mass is 9.87. The fraction of sp³-hybridized carbons (Fsp3) is 0.409. The van der Waals surface area contributed by atoms with Crippen molar-refractivity contribution in [2.75, 3.05) is 13.7 Å². The highest BCUT2D eigenvalue weighted by Gasteiger charge is 2.33. The van der Waals surface area contributed by atoms with Crippen LogP contribution in [0.25, 0.3) is 22.2 Å². The van der Waals surface area contributed by atoms with Crippen LogP contribution in [0.2, 0.25) is 0 Å². The van der Waals surface area contributed by atoms with Crippen LogP contribution in [0.15, 0.2) is 30.6 Å². The summed E-state index contributed by atoms with van der Waals surface area (Å²) in [5.74, 6) is -0.615. The van der Waals surface area contributed by atoms with Gasteiger partial charge in [-0.3, -0.25) is 14.5 Å². The molecule has 10 heteroatoms. The fourth-order valence-corrected chi connectivity index (χ4v) is 4.01. The van der Waals surface area contributed by atoms with Gasteiger partial charge in [0.25, 0.3) is 5.91 Å². The number of nitrogens with zero attached hydrogens (tertiary/aromatic N) is 3. The lowest BCUT2D eigenvalue weighted by molar-refractivity contribution is -0.137. The Morgan fingerprint density at radius 1 is 1.31 bits per heavy atom. The highest BCUT2D eigenvalue weighted by atomic mass is 19.4. The van der Waals surface area contributed by atoms with Crippen molar-refractivity contribution in [3.63, 3.8) is 0 Å². The molecule has 32 heavy (non-hydrogen) atoms. The van der Waals surface area contributed by atoms with Gasteiger partial charge < -0.3 is 15.6 Å². The maximum atomic E-state index is 13.1. The molecule has 7 nitrogen and oxygen atoms in total. The summed E-state index contributed by atoms with van der Waals surface area (Å²) in [5, 5.41) is 14.5. The van der Waals surface area contributed by atoms with Crippen LogP contribution in [0, 0.1) is 5.92 Å². The first-order chi connectivity index (χ1) is 15.6. The van der Waals surface area contributed by atoms with Crippen LogP contribution in [0.3, 0.4) is 0 Å². The van der Waals surface area contributed by atoms with E-state index in [4.69, 9.17) is 11.8 Å². The molecule has 0 atom stereocenters. The van der Waals surface area contributed by atoms with Crippen LogP contribution in [0.5, 0.6) is 5.75 Å². The summed E-state index contributed by atoms with van der Waals surface area (Å²) < 4.78 is 55.2. The molecule has 2 heterocycles. The van der Waals surface area contributed by atoms with E-state index < -0.39 is 23.7 Å². The second-order valence-corrected chi connectivity index (χ2v) is 7.86. The zero-order valence-electron chi connectivity index (χ0n) is 18.3. The highest BCUT2D eigenvalue weighted by molar-refractivity contribution is 6.01. The van der Waals surface area contributed by atoms with Gasteiger partial charge in [0.2, 0.25) is 0 Å². The predicted molar refractivity (Wildman–Crippen MR) is 111 cm³/mol. The molecule has 1 aliphatic rings. The number of fused-ring (bicyclic) bond motifs is 1. The number of benzene rings is 1. The Morgan fingerprint density at radius 3 is 2.62 bits per heavy atom. The number of pyridine rings is 1. The first-order valence-electron chi connectivity index (χ1n) is 10.6. The molecular formula is C22H23F3N4O3. The van der Waals surface area contributed by atoms with Crippen LogP contribution in [-0.4, -0.2) is 39.5 Å². The Labute approximate surface area is 183 Å². The van der Waals surface area contributed by atoms with Gasteiger partial charge in [0.05, 0.1) is 36.8 Å². The normalized spacial score (nSPS) is 22.0. The van der Waals surface area contributed by atoms with Crippen LogP contribution in [0.1, 0.15) is 49.0 Å². The van der Waals surface area contributed by atoms with Crippen molar-refractivity contribution in [1.29, 1.82) is 0 Å². The molecule has 0 saturated heterocycles. The Bertz CT molecular complexity index is 1200. The van der Waals surface area contributed by atoms with Gasteiger partial charge in [-0.05, 0) is 43.7 Å². The highest BCUT2D eigenvalue weighted by Crippen LogP contribution is 2.38. The molecule has 0 unspecified atom stereocenters. The number of carbonyl (C=O) groups excluding carboxylic acids is 1. The zero-order valence-corrected chi connectivity index (χ0v) is 17.3. The summed E-state index contributed by atoms with van der Waals surface area (Å²) in [7, 11) is 1.39. The van der Waals surface area contributed by atoms with Crippen LogP contribution < -0.4 is 10.5 Å². The van der Waals surface area contributed by atoms with E-state index >= 15 is 0 Å². The van der Waals surface area contributed by atoms with Gasteiger partial charge in [-0.1, -0.05) is 0 Å². The number of carbonyl (C=O) groups is 1. The van der Waals surface area contributed by atoms with E-state index in [2.05, 4.69) is 10.1 Å². The van der Waals surface area contributed by atoms with Gasteiger partial charge in [-0.15, -0.1) is 0 Å². The molecule has 0 bridgehead atoms. The number of rotatable bonds is 5. The molecule has 3 N–H and O–H groups in total. The molecule has 0 spiro atoms. The van der Waals surface area contributed by atoms with Crippen molar-refractivity contribution in [1.82, 2.24) is 14.8 Å². The van der Waals surface area contributed by atoms with E-state index in [1.165, 1.54) is 7.11 Å². The number of hydrogen-bond donors (Lipinski definition) is 2. The standard InChI is InChI=1S/C22H23F3N4O3/c1-32-19-8-18-13(10-29(28-18)15-4-2-12(11-30)3-5-15)6-16(19)20-17(21(26)31)7-14(9-27-20)22(23,24)25/h6-10,12,15,30H,2-5,11H2,1H3,(H2,26,31)/i15D. The molecule has 170 valence electrons. The van der Waals surface area contributed by atoms with E-state index in [1.807, 2.05) is 0 Å². The third-order valence-electron chi connectivity index (χ3n) is 5.83. The Balaban J connectivity index is 1.80. The number of primary amides is 1. The lowest BCUT2D eigenvalue weighted by Gasteiger charge is -2.27. The molecular weight excluding hydrogens is 425 g/mol. The van der Waals surface area contributed by atoms with Crippen LogP contribution in [0.4, 0.5) is 13.2 Å². The molecule has 3 aromatic rings. The minimum Gasteiger partial charge on any atom is -0.496 e. The average molecular weight is 449 g/mol. The number of alkyl halides is 3. The predicted octanol–water partition coefficient (Wildman–Crippen LogP) is 3.95. The topological polar surface area (TPSA) is 103 Å². The molecule has 1 amide bonds. The number of methoxy groups -OCH3 is 1. The molecule has 0 radical (unpaired) electrons. The molecule has 4 rings (SSSR count). The third-order valence-corrected chi connectivity index (χ3v) is 5.83. The van der Waals surface area contributed by atoms with Crippen LogP contribution >= 0.6 is 0 Å². The minimum atomic E-state index is -4.68. The number of aromatic nitrogens is 3. The summed E-state index contributed by atoms with van der Waals surface area (Å²) in [4.78, 5) is 15.8. The van der Waals surface area contributed by atoms with Crippen molar-refractivity contribution in [2.24, 2.45) is 11.7 Å². The van der Waals surface area contributed by atoms with Gasteiger partial charge >= 0.3 is 6.18 Å². The quantitative estimate of drug-likeness (QED) is 0.614. The first kappa shape index (κ1) is 20.7. The first-order valence-corrected chi connectivity index (χ1v) is 10.1. The Hall–Kier alpha value is -3.14. The smallest absolute Gasteiger partial charge is 0.417 e. The Kier molecular flexibility index (Phi) is 5.46. The number of aliphatic hydroxyl groups excluding tert-OH is 1. The molecule has 0 aliphatic heterocycles.